The molecule has 0 saturated carbocycles. The second kappa shape index (κ2) is 5.87. The minimum atomic E-state index is -4.35. The number of nitrogens with two attached hydrogens (primary N) is 1. The molecule has 6 heteroatoms. The molecular formula is C15H13F3N2O. The molecule has 0 heterocycles. The first-order valence-corrected chi connectivity index (χ1v) is 6.09. The highest BCUT2D eigenvalue weighted by Gasteiger charge is 2.29. The van der Waals surface area contributed by atoms with E-state index in [1.165, 1.54) is 12.1 Å². The van der Waals surface area contributed by atoms with Gasteiger partial charge in [-0.3, -0.25) is 5.41 Å². The molecule has 3 nitrogen and oxygen atoms in total. The van der Waals surface area contributed by atoms with Crippen molar-refractivity contribution in [1.82, 2.24) is 0 Å². The van der Waals surface area contributed by atoms with Crippen LogP contribution in [0.5, 0.6) is 5.75 Å². The van der Waals surface area contributed by atoms with Crippen LogP contribution < -0.4 is 10.5 Å². The van der Waals surface area contributed by atoms with E-state index < -0.39 is 11.7 Å². The first-order valence-electron chi connectivity index (χ1n) is 6.09. The molecule has 110 valence electrons. The summed E-state index contributed by atoms with van der Waals surface area (Å²) in [6, 6.07) is 11.4. The lowest BCUT2D eigenvalue weighted by atomic mass is 10.1. The van der Waals surface area contributed by atoms with Gasteiger partial charge in [0, 0.05) is 5.56 Å². The van der Waals surface area contributed by atoms with Gasteiger partial charge in [-0.15, -0.1) is 0 Å². The van der Waals surface area contributed by atoms with Gasteiger partial charge in [-0.05, 0) is 35.9 Å². The highest BCUT2D eigenvalue weighted by molar-refractivity contribution is 5.95. The Morgan fingerprint density at radius 2 is 1.76 bits per heavy atom. The van der Waals surface area contributed by atoms with E-state index in [2.05, 4.69) is 0 Å². The molecule has 0 saturated heterocycles. The van der Waals surface area contributed by atoms with Crippen molar-refractivity contribution in [3.63, 3.8) is 0 Å². The van der Waals surface area contributed by atoms with Crippen molar-refractivity contribution < 1.29 is 17.9 Å². The summed E-state index contributed by atoms with van der Waals surface area (Å²) in [6.45, 7) is 0.187. The molecule has 2 rings (SSSR count). The number of alkyl halides is 3. The van der Waals surface area contributed by atoms with Gasteiger partial charge in [0.25, 0.3) is 0 Å². The fourth-order valence-corrected chi connectivity index (χ4v) is 1.74. The molecule has 2 aromatic rings. The average molecular weight is 294 g/mol. The number of nitrogens with one attached hydrogen (secondary N) is 1. The third-order valence-electron chi connectivity index (χ3n) is 2.83. The standard InChI is InChI=1S/C15H13F3N2O/c16-15(17,18)12-4-6-13(7-5-12)21-9-10-2-1-3-11(8-10)14(19)20/h1-8H,9H2,(H3,19,20). The van der Waals surface area contributed by atoms with Crippen molar-refractivity contribution in [2.75, 3.05) is 0 Å². The van der Waals surface area contributed by atoms with Gasteiger partial charge in [0.05, 0.1) is 5.56 Å². The number of amidine groups is 1. The van der Waals surface area contributed by atoms with Crippen molar-refractivity contribution in [3.8, 4) is 5.75 Å². The predicted molar refractivity (Wildman–Crippen MR) is 73.2 cm³/mol. The monoisotopic (exact) mass is 294 g/mol. The smallest absolute Gasteiger partial charge is 0.416 e. The van der Waals surface area contributed by atoms with Crippen LogP contribution in [-0.4, -0.2) is 5.84 Å². The van der Waals surface area contributed by atoms with E-state index in [1.54, 1.807) is 24.3 Å². The van der Waals surface area contributed by atoms with Crippen LogP contribution in [0.2, 0.25) is 0 Å². The lowest BCUT2D eigenvalue weighted by Crippen LogP contribution is -2.11. The second-order valence-electron chi connectivity index (χ2n) is 4.42. The van der Waals surface area contributed by atoms with Crippen LogP contribution in [-0.2, 0) is 12.8 Å². The molecule has 2 aromatic carbocycles. The number of nitrogen functional groups attached to an aromatic ring is 1. The zero-order valence-corrected chi connectivity index (χ0v) is 10.9. The summed E-state index contributed by atoms with van der Waals surface area (Å²) in [6.07, 6.45) is -4.35. The minimum absolute atomic E-state index is 0.0496. The Morgan fingerprint density at radius 1 is 1.10 bits per heavy atom. The van der Waals surface area contributed by atoms with Gasteiger partial charge in [0.2, 0.25) is 0 Å². The van der Waals surface area contributed by atoms with Gasteiger partial charge in [-0.25, -0.2) is 0 Å². The van der Waals surface area contributed by atoms with Crippen LogP contribution in [0, 0.1) is 5.41 Å². The van der Waals surface area contributed by atoms with E-state index >= 15 is 0 Å². The zero-order chi connectivity index (χ0) is 15.5. The van der Waals surface area contributed by atoms with Crippen molar-refractivity contribution in [1.29, 1.82) is 5.41 Å². The second-order valence-corrected chi connectivity index (χ2v) is 4.42. The number of benzene rings is 2. The fourth-order valence-electron chi connectivity index (χ4n) is 1.74. The van der Waals surface area contributed by atoms with E-state index in [9.17, 15) is 13.2 Å². The fraction of sp³-hybridized carbons (Fsp3) is 0.133. The molecule has 21 heavy (non-hydrogen) atoms. The van der Waals surface area contributed by atoms with Crippen molar-refractivity contribution in [2.24, 2.45) is 5.73 Å². The van der Waals surface area contributed by atoms with Gasteiger partial charge in [-0.1, -0.05) is 18.2 Å². The van der Waals surface area contributed by atoms with Gasteiger partial charge in [-0.2, -0.15) is 13.2 Å². The summed E-state index contributed by atoms with van der Waals surface area (Å²) in [5.41, 5.74) is 6.02. The summed E-state index contributed by atoms with van der Waals surface area (Å²) in [5.74, 6) is 0.294. The predicted octanol–water partition coefficient (Wildman–Crippen LogP) is 3.57. The van der Waals surface area contributed by atoms with Gasteiger partial charge in [0.15, 0.2) is 0 Å². The molecule has 0 spiro atoms. The molecule has 0 aliphatic heterocycles. The van der Waals surface area contributed by atoms with Crippen LogP contribution in [0.4, 0.5) is 13.2 Å². The number of ether oxygens (including phenoxy) is 1. The van der Waals surface area contributed by atoms with Gasteiger partial charge < -0.3 is 10.5 Å². The largest absolute Gasteiger partial charge is 0.489 e. The Morgan fingerprint density at radius 3 is 2.33 bits per heavy atom. The van der Waals surface area contributed by atoms with Crippen molar-refractivity contribution in [3.05, 3.63) is 65.2 Å². The molecule has 0 atom stereocenters. The van der Waals surface area contributed by atoms with Crippen LogP contribution >= 0.6 is 0 Å². The van der Waals surface area contributed by atoms with Gasteiger partial charge >= 0.3 is 6.18 Å². The third-order valence-corrected chi connectivity index (χ3v) is 2.83. The van der Waals surface area contributed by atoms with Crippen LogP contribution in [0.15, 0.2) is 48.5 Å². The molecule has 0 aliphatic carbocycles. The third kappa shape index (κ3) is 3.98. The average Bonchev–Trinajstić information content (AvgIpc) is 2.45. The topological polar surface area (TPSA) is 59.1 Å². The highest BCUT2D eigenvalue weighted by Crippen LogP contribution is 2.30. The molecule has 0 aromatic heterocycles. The minimum Gasteiger partial charge on any atom is -0.489 e. The Hall–Kier alpha value is -2.50. The molecule has 0 fully saturated rings. The van der Waals surface area contributed by atoms with E-state index in [4.69, 9.17) is 15.9 Å². The quantitative estimate of drug-likeness (QED) is 0.669. The summed E-state index contributed by atoms with van der Waals surface area (Å²) in [4.78, 5) is 0. The molecule has 0 bridgehead atoms. The number of rotatable bonds is 4. The summed E-state index contributed by atoms with van der Waals surface area (Å²) < 4.78 is 42.7. The zero-order valence-electron chi connectivity index (χ0n) is 10.9. The molecular weight excluding hydrogens is 281 g/mol. The SMILES string of the molecule is N=C(N)c1cccc(COc2ccc(C(F)(F)F)cc2)c1. The van der Waals surface area contributed by atoms with Crippen LogP contribution in [0.25, 0.3) is 0 Å². The lowest BCUT2D eigenvalue weighted by Gasteiger charge is -2.10. The maximum atomic E-state index is 12.4. The number of hydrogen-bond donors (Lipinski definition) is 2. The van der Waals surface area contributed by atoms with Crippen LogP contribution in [0.3, 0.4) is 0 Å². The molecule has 0 unspecified atom stereocenters. The summed E-state index contributed by atoms with van der Waals surface area (Å²) in [7, 11) is 0. The molecule has 0 aliphatic rings. The normalized spacial score (nSPS) is 11.2. The summed E-state index contributed by atoms with van der Waals surface area (Å²) in [5, 5.41) is 7.34. The maximum Gasteiger partial charge on any atom is 0.416 e. The Labute approximate surface area is 119 Å². The number of halogens is 3. The van der Waals surface area contributed by atoms with E-state index in [-0.39, 0.29) is 12.4 Å². The first-order chi connectivity index (χ1) is 9.86. The molecule has 0 radical (unpaired) electrons. The van der Waals surface area contributed by atoms with E-state index in [0.29, 0.717) is 11.3 Å². The van der Waals surface area contributed by atoms with E-state index in [0.717, 1.165) is 17.7 Å². The maximum absolute atomic E-state index is 12.4. The van der Waals surface area contributed by atoms with Crippen molar-refractivity contribution in [2.45, 2.75) is 12.8 Å². The Balaban J connectivity index is 2.03. The van der Waals surface area contributed by atoms with Gasteiger partial charge in [0.1, 0.15) is 18.2 Å². The Kier molecular flexibility index (Phi) is 4.16. The van der Waals surface area contributed by atoms with Crippen LogP contribution in [0.1, 0.15) is 16.7 Å². The van der Waals surface area contributed by atoms with E-state index in [1.807, 2.05) is 0 Å². The molecule has 0 amide bonds. The Bertz CT molecular complexity index is 636. The van der Waals surface area contributed by atoms with Crippen molar-refractivity contribution >= 4 is 5.84 Å². The number of hydrogen-bond acceptors (Lipinski definition) is 2. The highest BCUT2D eigenvalue weighted by atomic mass is 19.4. The summed E-state index contributed by atoms with van der Waals surface area (Å²) >= 11 is 0. The first kappa shape index (κ1) is 14.9. The molecule has 3 N–H and O–H groups in total. The lowest BCUT2D eigenvalue weighted by molar-refractivity contribution is -0.137.